The molecule has 0 saturated heterocycles. The predicted octanol–water partition coefficient (Wildman–Crippen LogP) is 2.05. The van der Waals surface area contributed by atoms with E-state index in [1.807, 2.05) is 6.92 Å². The van der Waals surface area contributed by atoms with Crippen molar-refractivity contribution < 1.29 is 13.2 Å². The first-order valence-electron chi connectivity index (χ1n) is 5.65. The Bertz CT molecular complexity index is 528. The van der Waals surface area contributed by atoms with Crippen molar-refractivity contribution in [2.75, 3.05) is 6.54 Å². The average molecular weight is 253 g/mol. The largest absolute Gasteiger partial charge is 0.424 e. The fraction of sp³-hybridized carbons (Fsp3) is 0.333. The summed E-state index contributed by atoms with van der Waals surface area (Å²) in [7, 11) is 0. The van der Waals surface area contributed by atoms with Crippen LogP contribution in [0.2, 0.25) is 0 Å². The van der Waals surface area contributed by atoms with E-state index in [0.29, 0.717) is 23.9 Å². The molecule has 1 aromatic heterocycles. The normalized spacial score (nSPS) is 10.8. The summed E-state index contributed by atoms with van der Waals surface area (Å²) < 4.78 is 31.5. The monoisotopic (exact) mass is 253 g/mol. The molecule has 0 fully saturated rings. The third-order valence-corrected chi connectivity index (χ3v) is 2.39. The van der Waals surface area contributed by atoms with Gasteiger partial charge in [0.05, 0.1) is 13.0 Å². The van der Waals surface area contributed by atoms with Crippen molar-refractivity contribution in [2.45, 2.75) is 19.9 Å². The third-order valence-electron chi connectivity index (χ3n) is 2.39. The summed E-state index contributed by atoms with van der Waals surface area (Å²) in [6.07, 6.45) is 0.158. The fourth-order valence-electron chi connectivity index (χ4n) is 1.49. The van der Waals surface area contributed by atoms with E-state index < -0.39 is 11.6 Å². The van der Waals surface area contributed by atoms with Gasteiger partial charge < -0.3 is 9.73 Å². The molecule has 0 aliphatic heterocycles. The summed E-state index contributed by atoms with van der Waals surface area (Å²) in [5.74, 6) is -0.446. The molecule has 1 N–H and O–H groups in total. The lowest BCUT2D eigenvalue weighted by molar-refractivity contribution is 0.439. The van der Waals surface area contributed by atoms with Crippen molar-refractivity contribution >= 4 is 0 Å². The molecule has 96 valence electrons. The third kappa shape index (κ3) is 3.10. The summed E-state index contributed by atoms with van der Waals surface area (Å²) in [6, 6.07) is 3.42. The number of nitrogens with one attached hydrogen (secondary N) is 1. The van der Waals surface area contributed by atoms with Crippen LogP contribution in [0.4, 0.5) is 8.78 Å². The summed E-state index contributed by atoms with van der Waals surface area (Å²) in [4.78, 5) is 0. The van der Waals surface area contributed by atoms with Crippen LogP contribution >= 0.6 is 0 Å². The van der Waals surface area contributed by atoms with Gasteiger partial charge in [-0.05, 0) is 18.2 Å². The summed E-state index contributed by atoms with van der Waals surface area (Å²) in [6.45, 7) is 3.24. The van der Waals surface area contributed by atoms with Gasteiger partial charge in [0, 0.05) is 6.07 Å². The van der Waals surface area contributed by atoms with Crippen LogP contribution in [0.15, 0.2) is 22.6 Å². The zero-order valence-corrected chi connectivity index (χ0v) is 9.91. The van der Waals surface area contributed by atoms with Gasteiger partial charge in [-0.3, -0.25) is 0 Å². The van der Waals surface area contributed by atoms with E-state index in [9.17, 15) is 8.78 Å². The van der Waals surface area contributed by atoms with E-state index in [4.69, 9.17) is 4.42 Å². The number of rotatable bonds is 5. The van der Waals surface area contributed by atoms with E-state index in [1.165, 1.54) is 12.1 Å². The first-order chi connectivity index (χ1) is 8.69. The smallest absolute Gasteiger partial charge is 0.230 e. The lowest BCUT2D eigenvalue weighted by Gasteiger charge is -1.99. The highest BCUT2D eigenvalue weighted by Gasteiger charge is 2.10. The van der Waals surface area contributed by atoms with Gasteiger partial charge >= 0.3 is 0 Å². The minimum absolute atomic E-state index is 0.158. The van der Waals surface area contributed by atoms with Crippen molar-refractivity contribution in [3.8, 4) is 0 Å². The number of halogens is 2. The van der Waals surface area contributed by atoms with Crippen LogP contribution in [0.1, 0.15) is 24.3 Å². The molecule has 0 unspecified atom stereocenters. The van der Waals surface area contributed by atoms with Crippen molar-refractivity contribution in [2.24, 2.45) is 0 Å². The lowest BCUT2D eigenvalue weighted by Crippen LogP contribution is -2.11. The van der Waals surface area contributed by atoms with E-state index in [2.05, 4.69) is 15.5 Å². The highest BCUT2D eigenvalue weighted by atomic mass is 19.1. The maximum atomic E-state index is 13.4. The second-order valence-corrected chi connectivity index (χ2v) is 3.78. The molecule has 0 atom stereocenters. The van der Waals surface area contributed by atoms with Crippen molar-refractivity contribution in [3.63, 3.8) is 0 Å². The van der Waals surface area contributed by atoms with Crippen LogP contribution in [0, 0.1) is 11.6 Å². The zero-order valence-electron chi connectivity index (χ0n) is 9.91. The van der Waals surface area contributed by atoms with Crippen LogP contribution in [-0.2, 0) is 13.0 Å². The quantitative estimate of drug-likeness (QED) is 0.886. The number of hydrogen-bond acceptors (Lipinski definition) is 4. The van der Waals surface area contributed by atoms with Gasteiger partial charge in [0.1, 0.15) is 11.6 Å². The predicted molar refractivity (Wildman–Crippen MR) is 60.8 cm³/mol. The highest BCUT2D eigenvalue weighted by molar-refractivity contribution is 5.21. The van der Waals surface area contributed by atoms with E-state index in [-0.39, 0.29) is 6.42 Å². The molecule has 2 rings (SSSR count). The molecule has 0 amide bonds. The lowest BCUT2D eigenvalue weighted by atomic mass is 10.1. The Morgan fingerprint density at radius 2 is 2.00 bits per heavy atom. The Hall–Kier alpha value is -1.82. The number of hydrogen-bond donors (Lipinski definition) is 1. The molecule has 0 aliphatic rings. The minimum atomic E-state index is -0.610. The van der Waals surface area contributed by atoms with Crippen LogP contribution in [0.25, 0.3) is 0 Å². The van der Waals surface area contributed by atoms with Crippen molar-refractivity contribution in [1.82, 2.24) is 15.5 Å². The molecule has 6 heteroatoms. The van der Waals surface area contributed by atoms with Gasteiger partial charge in [0.25, 0.3) is 0 Å². The maximum absolute atomic E-state index is 13.4. The van der Waals surface area contributed by atoms with E-state index >= 15 is 0 Å². The molecule has 0 radical (unpaired) electrons. The van der Waals surface area contributed by atoms with Gasteiger partial charge in [0.15, 0.2) is 0 Å². The Morgan fingerprint density at radius 3 is 2.72 bits per heavy atom. The first kappa shape index (κ1) is 12.6. The molecule has 2 aromatic rings. The van der Waals surface area contributed by atoms with Gasteiger partial charge in [0.2, 0.25) is 11.8 Å². The second-order valence-electron chi connectivity index (χ2n) is 3.78. The van der Waals surface area contributed by atoms with E-state index in [1.54, 1.807) is 0 Å². The second kappa shape index (κ2) is 5.68. The Labute approximate surface area is 103 Å². The van der Waals surface area contributed by atoms with Gasteiger partial charge in [-0.1, -0.05) is 13.0 Å². The summed E-state index contributed by atoms with van der Waals surface area (Å²) >= 11 is 0. The van der Waals surface area contributed by atoms with Crippen molar-refractivity contribution in [1.29, 1.82) is 0 Å². The first-order valence-corrected chi connectivity index (χ1v) is 5.65. The van der Waals surface area contributed by atoms with Crippen LogP contribution < -0.4 is 5.32 Å². The highest BCUT2D eigenvalue weighted by Crippen LogP contribution is 2.14. The van der Waals surface area contributed by atoms with Gasteiger partial charge in [-0.15, -0.1) is 10.2 Å². The number of aromatic nitrogens is 2. The molecular weight excluding hydrogens is 240 g/mol. The van der Waals surface area contributed by atoms with Crippen molar-refractivity contribution in [3.05, 3.63) is 47.2 Å². The zero-order chi connectivity index (χ0) is 13.0. The summed E-state index contributed by atoms with van der Waals surface area (Å²) in [5.41, 5.74) is 0.329. The molecule has 0 saturated carbocycles. The van der Waals surface area contributed by atoms with Crippen LogP contribution in [0.5, 0.6) is 0 Å². The van der Waals surface area contributed by atoms with E-state index in [0.717, 1.165) is 12.6 Å². The van der Waals surface area contributed by atoms with Crippen LogP contribution in [-0.4, -0.2) is 16.7 Å². The molecule has 0 bridgehead atoms. The fourth-order valence-corrected chi connectivity index (χ4v) is 1.49. The standard InChI is InChI=1S/C12H13F2N3O/c1-2-15-7-12-17-16-11(18-12)5-8-3-4-9(13)6-10(8)14/h3-4,6,15H,2,5,7H2,1H3. The molecule has 4 nitrogen and oxygen atoms in total. The van der Waals surface area contributed by atoms with Crippen LogP contribution in [0.3, 0.4) is 0 Å². The molecule has 18 heavy (non-hydrogen) atoms. The molecule has 0 spiro atoms. The number of benzene rings is 1. The average Bonchev–Trinajstić information content (AvgIpc) is 2.78. The molecule has 1 aromatic carbocycles. The summed E-state index contributed by atoms with van der Waals surface area (Å²) in [5, 5.41) is 10.7. The topological polar surface area (TPSA) is 51.0 Å². The Balaban J connectivity index is 2.06. The molecule has 1 heterocycles. The number of nitrogens with zero attached hydrogens (tertiary/aromatic N) is 2. The maximum Gasteiger partial charge on any atom is 0.230 e. The SMILES string of the molecule is CCNCc1nnc(Cc2ccc(F)cc2F)o1. The minimum Gasteiger partial charge on any atom is -0.424 e. The Kier molecular flexibility index (Phi) is 3.99. The molecular formula is C12H13F2N3O. The van der Waals surface area contributed by atoms with Gasteiger partial charge in [-0.25, -0.2) is 8.78 Å². The van der Waals surface area contributed by atoms with Gasteiger partial charge in [-0.2, -0.15) is 0 Å². The molecule has 0 aliphatic carbocycles. The Morgan fingerprint density at radius 1 is 1.22 bits per heavy atom.